The molecule has 2 rings (SSSR count). The Hall–Kier alpha value is -1.75. The van der Waals surface area contributed by atoms with E-state index in [0.717, 1.165) is 41.5 Å². The van der Waals surface area contributed by atoms with Crippen molar-refractivity contribution in [3.63, 3.8) is 0 Å². The van der Waals surface area contributed by atoms with Gasteiger partial charge in [0.15, 0.2) is 0 Å². The molecule has 112 valence electrons. The van der Waals surface area contributed by atoms with Crippen molar-refractivity contribution < 1.29 is 14.7 Å². The second kappa shape index (κ2) is 7.31. The fraction of sp³-hybridized carbons (Fsp3) is 0.375. The number of carbonyl (C=O) groups is 2. The van der Waals surface area contributed by atoms with Crippen LogP contribution in [0.1, 0.15) is 30.4 Å². The Kier molecular flexibility index (Phi) is 5.44. The number of benzene rings is 1. The number of hydrogen-bond acceptors (Lipinski definition) is 3. The lowest BCUT2D eigenvalue weighted by Crippen LogP contribution is -2.27. The van der Waals surface area contributed by atoms with Gasteiger partial charge in [0.25, 0.3) is 0 Å². The van der Waals surface area contributed by atoms with Crippen LogP contribution in [0.5, 0.6) is 0 Å². The van der Waals surface area contributed by atoms with Gasteiger partial charge in [-0.05, 0) is 54.9 Å². The van der Waals surface area contributed by atoms with Crippen molar-refractivity contribution in [1.82, 2.24) is 0 Å². The standard InChI is InChI=1S/C16H19NO3S/c1-11-8-12(5-6-15(18)19)10-13(9-11)17-16(20)14-4-2-3-7-21-14/h5-6,8-10,14H,2-4,7H2,1H3,(H,17,20)(H,18,19)/b6-5+. The van der Waals surface area contributed by atoms with Gasteiger partial charge in [-0.2, -0.15) is 0 Å². The number of anilines is 1. The van der Waals surface area contributed by atoms with E-state index in [2.05, 4.69) is 5.32 Å². The SMILES string of the molecule is Cc1cc(/C=C/C(=O)O)cc(NC(=O)C2CCCCS2)c1. The van der Waals surface area contributed by atoms with E-state index in [1.165, 1.54) is 12.5 Å². The van der Waals surface area contributed by atoms with Crippen LogP contribution in [0.3, 0.4) is 0 Å². The molecule has 1 atom stereocenters. The number of amides is 1. The van der Waals surface area contributed by atoms with Gasteiger partial charge in [-0.1, -0.05) is 12.5 Å². The minimum Gasteiger partial charge on any atom is -0.478 e. The number of thioether (sulfide) groups is 1. The molecule has 1 aromatic rings. The zero-order valence-electron chi connectivity index (χ0n) is 12.0. The van der Waals surface area contributed by atoms with E-state index in [1.54, 1.807) is 17.8 Å². The van der Waals surface area contributed by atoms with Gasteiger partial charge in [0, 0.05) is 11.8 Å². The van der Waals surface area contributed by atoms with Crippen LogP contribution in [-0.4, -0.2) is 28.0 Å². The molecule has 1 aliphatic rings. The second-order valence-corrected chi connectivity index (χ2v) is 6.46. The Balaban J connectivity index is 2.08. The zero-order valence-corrected chi connectivity index (χ0v) is 12.8. The molecule has 2 N–H and O–H groups in total. The molecule has 0 aliphatic carbocycles. The van der Waals surface area contributed by atoms with Gasteiger partial charge in [0.05, 0.1) is 5.25 Å². The molecule has 21 heavy (non-hydrogen) atoms. The summed E-state index contributed by atoms with van der Waals surface area (Å²) in [5.41, 5.74) is 2.47. The number of carboxylic acid groups (broad SMARTS) is 1. The van der Waals surface area contributed by atoms with Crippen LogP contribution in [0.2, 0.25) is 0 Å². The zero-order chi connectivity index (χ0) is 15.2. The van der Waals surface area contributed by atoms with Gasteiger partial charge in [0.2, 0.25) is 5.91 Å². The van der Waals surface area contributed by atoms with Crippen LogP contribution in [0.25, 0.3) is 6.08 Å². The van der Waals surface area contributed by atoms with Crippen molar-refractivity contribution in [1.29, 1.82) is 0 Å². The first-order chi connectivity index (χ1) is 10.0. The van der Waals surface area contributed by atoms with Crippen molar-refractivity contribution in [3.05, 3.63) is 35.4 Å². The maximum atomic E-state index is 12.2. The molecule has 4 nitrogen and oxygen atoms in total. The van der Waals surface area contributed by atoms with E-state index in [-0.39, 0.29) is 11.2 Å². The monoisotopic (exact) mass is 305 g/mol. The number of aryl methyl sites for hydroxylation is 1. The molecule has 1 fully saturated rings. The van der Waals surface area contributed by atoms with Gasteiger partial charge in [-0.3, -0.25) is 4.79 Å². The van der Waals surface area contributed by atoms with E-state index >= 15 is 0 Å². The third-order valence-corrected chi connectivity index (χ3v) is 4.63. The Labute approximate surface area is 128 Å². The van der Waals surface area contributed by atoms with Crippen molar-refractivity contribution in [2.24, 2.45) is 0 Å². The number of rotatable bonds is 4. The summed E-state index contributed by atoms with van der Waals surface area (Å²) in [5.74, 6) is 0.0950. The number of carboxylic acids is 1. The van der Waals surface area contributed by atoms with E-state index in [9.17, 15) is 9.59 Å². The Morgan fingerprint density at radius 2 is 2.14 bits per heavy atom. The van der Waals surface area contributed by atoms with Gasteiger partial charge < -0.3 is 10.4 Å². The van der Waals surface area contributed by atoms with Crippen LogP contribution in [0.15, 0.2) is 24.3 Å². The highest BCUT2D eigenvalue weighted by Gasteiger charge is 2.21. The van der Waals surface area contributed by atoms with E-state index < -0.39 is 5.97 Å². The summed E-state index contributed by atoms with van der Waals surface area (Å²) in [7, 11) is 0. The molecule has 0 radical (unpaired) electrons. The quantitative estimate of drug-likeness (QED) is 0.838. The predicted molar refractivity (Wildman–Crippen MR) is 86.6 cm³/mol. The summed E-state index contributed by atoms with van der Waals surface area (Å²) in [4.78, 5) is 22.8. The summed E-state index contributed by atoms with van der Waals surface area (Å²) in [5, 5.41) is 11.6. The van der Waals surface area contributed by atoms with Gasteiger partial charge in [0.1, 0.15) is 0 Å². The topological polar surface area (TPSA) is 66.4 Å². The molecule has 1 saturated heterocycles. The molecule has 0 spiro atoms. The highest BCUT2D eigenvalue weighted by Crippen LogP contribution is 2.26. The summed E-state index contributed by atoms with van der Waals surface area (Å²) < 4.78 is 0. The molecule has 1 heterocycles. The van der Waals surface area contributed by atoms with Crippen molar-refractivity contribution in [3.8, 4) is 0 Å². The summed E-state index contributed by atoms with van der Waals surface area (Å²) in [6.07, 6.45) is 5.83. The van der Waals surface area contributed by atoms with Gasteiger partial charge >= 0.3 is 5.97 Å². The highest BCUT2D eigenvalue weighted by atomic mass is 32.2. The van der Waals surface area contributed by atoms with E-state index in [0.29, 0.717) is 0 Å². The third kappa shape index (κ3) is 4.93. The van der Waals surface area contributed by atoms with E-state index in [4.69, 9.17) is 5.11 Å². The van der Waals surface area contributed by atoms with Crippen LogP contribution >= 0.6 is 11.8 Å². The first-order valence-electron chi connectivity index (χ1n) is 7.00. The average Bonchev–Trinajstić information content (AvgIpc) is 2.45. The van der Waals surface area contributed by atoms with Crippen LogP contribution in [0, 0.1) is 6.92 Å². The first kappa shape index (κ1) is 15.6. The third-order valence-electron chi connectivity index (χ3n) is 3.26. The second-order valence-electron chi connectivity index (χ2n) is 5.15. The summed E-state index contributed by atoms with van der Waals surface area (Å²) in [6.45, 7) is 1.92. The molecule has 0 bridgehead atoms. The molecule has 0 saturated carbocycles. The number of nitrogens with one attached hydrogen (secondary N) is 1. The predicted octanol–water partition coefficient (Wildman–Crippen LogP) is 3.32. The molecule has 1 amide bonds. The Bertz CT molecular complexity index is 563. The van der Waals surface area contributed by atoms with Crippen LogP contribution < -0.4 is 5.32 Å². The van der Waals surface area contributed by atoms with Crippen LogP contribution in [-0.2, 0) is 9.59 Å². The lowest BCUT2D eigenvalue weighted by atomic mass is 10.1. The number of aliphatic carboxylic acids is 1. The van der Waals surface area contributed by atoms with Crippen molar-refractivity contribution in [2.45, 2.75) is 31.4 Å². The maximum Gasteiger partial charge on any atom is 0.328 e. The van der Waals surface area contributed by atoms with E-state index in [1.807, 2.05) is 19.1 Å². The number of carbonyl (C=O) groups excluding carboxylic acids is 1. The average molecular weight is 305 g/mol. The largest absolute Gasteiger partial charge is 0.478 e. The Morgan fingerprint density at radius 1 is 1.33 bits per heavy atom. The van der Waals surface area contributed by atoms with Crippen molar-refractivity contribution >= 4 is 35.4 Å². The molecule has 5 heteroatoms. The summed E-state index contributed by atoms with van der Waals surface area (Å²) >= 11 is 1.71. The normalized spacial score (nSPS) is 18.6. The van der Waals surface area contributed by atoms with Gasteiger partial charge in [-0.25, -0.2) is 4.79 Å². The lowest BCUT2D eigenvalue weighted by Gasteiger charge is -2.20. The minimum absolute atomic E-state index is 0.0253. The maximum absolute atomic E-state index is 12.2. The Morgan fingerprint density at radius 3 is 2.81 bits per heavy atom. The van der Waals surface area contributed by atoms with Crippen molar-refractivity contribution in [2.75, 3.05) is 11.1 Å². The molecular weight excluding hydrogens is 286 g/mol. The molecule has 1 aromatic carbocycles. The number of hydrogen-bond donors (Lipinski definition) is 2. The minimum atomic E-state index is -0.985. The fourth-order valence-electron chi connectivity index (χ4n) is 2.32. The lowest BCUT2D eigenvalue weighted by molar-refractivity contribution is -0.131. The fourth-order valence-corrected chi connectivity index (χ4v) is 3.52. The smallest absolute Gasteiger partial charge is 0.328 e. The first-order valence-corrected chi connectivity index (χ1v) is 8.04. The molecule has 1 unspecified atom stereocenters. The van der Waals surface area contributed by atoms with Crippen LogP contribution in [0.4, 0.5) is 5.69 Å². The molecular formula is C16H19NO3S. The molecule has 0 aromatic heterocycles. The molecule has 1 aliphatic heterocycles. The highest BCUT2D eigenvalue weighted by molar-refractivity contribution is 8.00. The summed E-state index contributed by atoms with van der Waals surface area (Å²) in [6, 6.07) is 5.56. The van der Waals surface area contributed by atoms with Gasteiger partial charge in [-0.15, -0.1) is 11.8 Å².